The topological polar surface area (TPSA) is 49.3 Å². The summed E-state index contributed by atoms with van der Waals surface area (Å²) >= 11 is 0. The van der Waals surface area contributed by atoms with Gasteiger partial charge in [-0.1, -0.05) is 0 Å². The smallest absolute Gasteiger partial charge is 0.236 e. The van der Waals surface area contributed by atoms with E-state index in [0.717, 1.165) is 50.5 Å². The standard InChI is InChI=1S/C16H24N4O/c1-13-17-7-6-15(18-13)14-5-4-10-20(11-14)16(21)12-19-8-2-3-9-19/h6-7,14H,2-5,8-12H2,1H3. The molecular weight excluding hydrogens is 264 g/mol. The second-order valence-corrected chi connectivity index (χ2v) is 6.19. The number of hydrogen-bond donors (Lipinski definition) is 0. The molecule has 2 aliphatic rings. The number of likely N-dealkylation sites (tertiary alicyclic amines) is 2. The first-order valence-electron chi connectivity index (χ1n) is 8.02. The Hall–Kier alpha value is -1.49. The molecule has 0 aromatic carbocycles. The van der Waals surface area contributed by atoms with Crippen molar-refractivity contribution in [3.05, 3.63) is 23.8 Å². The highest BCUT2D eigenvalue weighted by Crippen LogP contribution is 2.25. The molecule has 0 radical (unpaired) electrons. The van der Waals surface area contributed by atoms with Gasteiger partial charge >= 0.3 is 0 Å². The summed E-state index contributed by atoms with van der Waals surface area (Å²) in [6, 6.07) is 1.99. The molecule has 1 aromatic rings. The SMILES string of the molecule is Cc1nccc(C2CCCN(C(=O)CN3CCCC3)C2)n1. The summed E-state index contributed by atoms with van der Waals surface area (Å²) in [5, 5.41) is 0. The van der Waals surface area contributed by atoms with Crippen LogP contribution in [-0.2, 0) is 4.79 Å². The van der Waals surface area contributed by atoms with E-state index in [-0.39, 0.29) is 5.91 Å². The van der Waals surface area contributed by atoms with E-state index in [1.165, 1.54) is 12.8 Å². The highest BCUT2D eigenvalue weighted by atomic mass is 16.2. The quantitative estimate of drug-likeness (QED) is 0.847. The van der Waals surface area contributed by atoms with E-state index in [9.17, 15) is 4.79 Å². The van der Waals surface area contributed by atoms with Gasteiger partial charge in [0.2, 0.25) is 5.91 Å². The molecule has 3 rings (SSSR count). The Balaban J connectivity index is 1.61. The van der Waals surface area contributed by atoms with Crippen molar-refractivity contribution in [2.45, 2.75) is 38.5 Å². The summed E-state index contributed by atoms with van der Waals surface area (Å²) in [5.74, 6) is 1.46. The lowest BCUT2D eigenvalue weighted by molar-refractivity contribution is -0.133. The van der Waals surface area contributed by atoms with Gasteiger partial charge in [0.15, 0.2) is 0 Å². The van der Waals surface area contributed by atoms with E-state index in [1.807, 2.05) is 24.1 Å². The molecule has 114 valence electrons. The van der Waals surface area contributed by atoms with Crippen molar-refractivity contribution in [3.63, 3.8) is 0 Å². The first kappa shape index (κ1) is 14.4. The molecule has 5 nitrogen and oxygen atoms in total. The summed E-state index contributed by atoms with van der Waals surface area (Å²) in [6.45, 7) is 6.37. The van der Waals surface area contributed by atoms with Crippen molar-refractivity contribution in [1.29, 1.82) is 0 Å². The molecule has 1 atom stereocenters. The lowest BCUT2D eigenvalue weighted by Gasteiger charge is -2.33. The Morgan fingerprint density at radius 1 is 1.29 bits per heavy atom. The molecule has 1 aromatic heterocycles. The van der Waals surface area contributed by atoms with Crippen LogP contribution >= 0.6 is 0 Å². The van der Waals surface area contributed by atoms with Gasteiger partial charge in [-0.25, -0.2) is 9.97 Å². The molecule has 5 heteroatoms. The van der Waals surface area contributed by atoms with Crippen LogP contribution in [0.2, 0.25) is 0 Å². The second-order valence-electron chi connectivity index (χ2n) is 6.19. The molecule has 2 fully saturated rings. The van der Waals surface area contributed by atoms with E-state index in [4.69, 9.17) is 0 Å². The Labute approximate surface area is 126 Å². The fourth-order valence-corrected chi connectivity index (χ4v) is 3.38. The van der Waals surface area contributed by atoms with Crippen molar-refractivity contribution < 1.29 is 4.79 Å². The monoisotopic (exact) mass is 288 g/mol. The largest absolute Gasteiger partial charge is 0.341 e. The minimum absolute atomic E-state index is 0.285. The number of carbonyl (C=O) groups excluding carboxylic acids is 1. The van der Waals surface area contributed by atoms with Crippen LogP contribution in [0, 0.1) is 6.92 Å². The maximum Gasteiger partial charge on any atom is 0.236 e. The summed E-state index contributed by atoms with van der Waals surface area (Å²) in [7, 11) is 0. The molecule has 2 aliphatic heterocycles. The van der Waals surface area contributed by atoms with Gasteiger partial charge in [0.05, 0.1) is 6.54 Å². The number of hydrogen-bond acceptors (Lipinski definition) is 4. The van der Waals surface area contributed by atoms with Crippen LogP contribution in [0.5, 0.6) is 0 Å². The average molecular weight is 288 g/mol. The van der Waals surface area contributed by atoms with Gasteiger partial charge in [0, 0.05) is 30.9 Å². The molecule has 0 N–H and O–H groups in total. The normalized spacial score (nSPS) is 23.5. The predicted molar refractivity (Wildman–Crippen MR) is 81.0 cm³/mol. The molecule has 21 heavy (non-hydrogen) atoms. The maximum absolute atomic E-state index is 12.4. The first-order chi connectivity index (χ1) is 10.2. The predicted octanol–water partition coefficient (Wildman–Crippen LogP) is 1.59. The van der Waals surface area contributed by atoms with E-state index >= 15 is 0 Å². The number of rotatable bonds is 3. The van der Waals surface area contributed by atoms with Gasteiger partial charge in [-0.05, 0) is 51.8 Å². The van der Waals surface area contributed by atoms with E-state index in [1.54, 1.807) is 0 Å². The Kier molecular flexibility index (Phi) is 4.48. The van der Waals surface area contributed by atoms with Gasteiger partial charge in [0.1, 0.15) is 5.82 Å². The van der Waals surface area contributed by atoms with Crippen LogP contribution in [0.3, 0.4) is 0 Å². The van der Waals surface area contributed by atoms with Gasteiger partial charge in [0.25, 0.3) is 0 Å². The molecule has 0 spiro atoms. The van der Waals surface area contributed by atoms with Gasteiger partial charge in [-0.15, -0.1) is 0 Å². The van der Waals surface area contributed by atoms with Crippen molar-refractivity contribution in [3.8, 4) is 0 Å². The molecule has 0 bridgehead atoms. The van der Waals surface area contributed by atoms with Gasteiger partial charge < -0.3 is 4.90 Å². The van der Waals surface area contributed by atoms with Crippen LogP contribution in [0.4, 0.5) is 0 Å². The zero-order valence-electron chi connectivity index (χ0n) is 12.8. The molecule has 0 saturated carbocycles. The summed E-state index contributed by atoms with van der Waals surface area (Å²) < 4.78 is 0. The summed E-state index contributed by atoms with van der Waals surface area (Å²) in [4.78, 5) is 25.5. The van der Waals surface area contributed by atoms with Crippen molar-refractivity contribution in [2.75, 3.05) is 32.7 Å². The lowest BCUT2D eigenvalue weighted by Crippen LogP contribution is -2.44. The van der Waals surface area contributed by atoms with Crippen LogP contribution in [-0.4, -0.2) is 58.4 Å². The third kappa shape index (κ3) is 3.59. The van der Waals surface area contributed by atoms with Crippen LogP contribution < -0.4 is 0 Å². The fourth-order valence-electron chi connectivity index (χ4n) is 3.38. The second kappa shape index (κ2) is 6.52. The fraction of sp³-hybridized carbons (Fsp3) is 0.688. The highest BCUT2D eigenvalue weighted by molar-refractivity contribution is 5.78. The number of nitrogens with zero attached hydrogens (tertiary/aromatic N) is 4. The average Bonchev–Trinajstić information content (AvgIpc) is 3.00. The maximum atomic E-state index is 12.4. The lowest BCUT2D eigenvalue weighted by atomic mass is 9.94. The number of aryl methyl sites for hydroxylation is 1. The molecule has 3 heterocycles. The van der Waals surface area contributed by atoms with Gasteiger partial charge in [-0.2, -0.15) is 0 Å². The Bertz CT molecular complexity index is 499. The molecule has 1 amide bonds. The molecule has 0 aliphatic carbocycles. The van der Waals surface area contributed by atoms with Crippen LogP contribution in [0.25, 0.3) is 0 Å². The summed E-state index contributed by atoms with van der Waals surface area (Å²) in [6.07, 6.45) is 6.47. The first-order valence-corrected chi connectivity index (χ1v) is 8.02. The molecule has 2 saturated heterocycles. The zero-order valence-corrected chi connectivity index (χ0v) is 12.8. The number of piperidine rings is 1. The molecule has 1 unspecified atom stereocenters. The van der Waals surface area contributed by atoms with E-state index in [2.05, 4.69) is 14.9 Å². The number of amides is 1. The number of aromatic nitrogens is 2. The van der Waals surface area contributed by atoms with Crippen molar-refractivity contribution in [2.24, 2.45) is 0 Å². The Morgan fingerprint density at radius 2 is 2.10 bits per heavy atom. The highest BCUT2D eigenvalue weighted by Gasteiger charge is 2.27. The zero-order chi connectivity index (χ0) is 14.7. The van der Waals surface area contributed by atoms with E-state index in [0.29, 0.717) is 12.5 Å². The van der Waals surface area contributed by atoms with Crippen molar-refractivity contribution >= 4 is 5.91 Å². The summed E-state index contributed by atoms with van der Waals surface area (Å²) in [5.41, 5.74) is 1.08. The molecular formula is C16H24N4O. The van der Waals surface area contributed by atoms with E-state index < -0.39 is 0 Å². The van der Waals surface area contributed by atoms with Crippen LogP contribution in [0.15, 0.2) is 12.3 Å². The Morgan fingerprint density at radius 3 is 2.86 bits per heavy atom. The van der Waals surface area contributed by atoms with Crippen LogP contribution in [0.1, 0.15) is 43.1 Å². The van der Waals surface area contributed by atoms with Crippen molar-refractivity contribution in [1.82, 2.24) is 19.8 Å². The van der Waals surface area contributed by atoms with Gasteiger partial charge in [-0.3, -0.25) is 9.69 Å². The number of carbonyl (C=O) groups is 1. The third-order valence-corrected chi connectivity index (χ3v) is 4.55. The minimum atomic E-state index is 0.285. The third-order valence-electron chi connectivity index (χ3n) is 4.55. The minimum Gasteiger partial charge on any atom is -0.341 e.